The van der Waals surface area contributed by atoms with Crippen molar-refractivity contribution < 1.29 is 19.0 Å². The highest BCUT2D eigenvalue weighted by Gasteiger charge is 2.31. The van der Waals surface area contributed by atoms with Gasteiger partial charge in [-0.3, -0.25) is 4.79 Å². The Labute approximate surface area is 243 Å². The number of hydrogen-bond acceptors (Lipinski definition) is 8. The molecule has 1 aliphatic heterocycles. The molecular formula is C29H33Cl2N5O4. The molecule has 2 fully saturated rings. The summed E-state index contributed by atoms with van der Waals surface area (Å²) in [4.78, 5) is 23.9. The van der Waals surface area contributed by atoms with E-state index in [9.17, 15) is 4.79 Å². The molecule has 11 heteroatoms. The van der Waals surface area contributed by atoms with E-state index in [1.54, 1.807) is 20.3 Å². The lowest BCUT2D eigenvalue weighted by Gasteiger charge is -2.38. The molecule has 2 atom stereocenters. The second-order valence-electron chi connectivity index (χ2n) is 10.1. The van der Waals surface area contributed by atoms with Crippen molar-refractivity contribution in [3.8, 4) is 22.8 Å². The SMILES string of the molecule is C=CC(=O)N[C@H]1CCOC[C@H]1N(C)c1cc2c(NCC3CC3)nc(-c3c(Cl)c(OC)cc(OC)c3Cl)cc2cn1. The van der Waals surface area contributed by atoms with E-state index in [0.717, 1.165) is 23.1 Å². The van der Waals surface area contributed by atoms with E-state index in [-0.39, 0.29) is 18.0 Å². The van der Waals surface area contributed by atoms with E-state index < -0.39 is 0 Å². The van der Waals surface area contributed by atoms with Gasteiger partial charge in [0.25, 0.3) is 0 Å². The minimum atomic E-state index is -0.202. The van der Waals surface area contributed by atoms with Crippen LogP contribution < -0.4 is 25.0 Å². The first-order valence-corrected chi connectivity index (χ1v) is 14.0. The van der Waals surface area contributed by atoms with E-state index >= 15 is 0 Å². The highest BCUT2D eigenvalue weighted by molar-refractivity contribution is 6.41. The van der Waals surface area contributed by atoms with Gasteiger partial charge in [0.05, 0.1) is 48.6 Å². The number of pyridine rings is 2. The number of anilines is 2. The number of nitrogens with one attached hydrogen (secondary N) is 2. The summed E-state index contributed by atoms with van der Waals surface area (Å²) in [7, 11) is 5.05. The maximum Gasteiger partial charge on any atom is 0.243 e. The Balaban J connectivity index is 1.57. The molecule has 40 heavy (non-hydrogen) atoms. The number of hydrogen-bond donors (Lipinski definition) is 2. The summed E-state index contributed by atoms with van der Waals surface area (Å²) < 4.78 is 16.7. The molecule has 0 radical (unpaired) electrons. The molecule has 2 N–H and O–H groups in total. The standard InChI is InChI=1S/C29H33Cl2N5O4/c1-5-25(37)34-19-8-9-40-15-21(19)36(2)24-11-18-17(14-32-24)10-20(35-29(18)33-13-16-6-7-16)26-27(30)22(38-3)12-23(39-4)28(26)31/h5,10-12,14,16,19,21H,1,6-9,13,15H2,2-4H3,(H,33,35)(H,34,37)/t19-,21+/m0/s1. The van der Waals surface area contributed by atoms with Crippen molar-refractivity contribution in [3.05, 3.63) is 47.1 Å². The van der Waals surface area contributed by atoms with Crippen molar-refractivity contribution in [3.63, 3.8) is 0 Å². The van der Waals surface area contributed by atoms with Gasteiger partial charge in [-0.05, 0) is 43.4 Å². The smallest absolute Gasteiger partial charge is 0.243 e. The minimum absolute atomic E-state index is 0.0953. The third-order valence-electron chi connectivity index (χ3n) is 7.48. The Morgan fingerprint density at radius 1 is 1.18 bits per heavy atom. The molecule has 1 aliphatic carbocycles. The molecule has 0 spiro atoms. The first-order chi connectivity index (χ1) is 19.3. The predicted octanol–water partition coefficient (Wildman–Crippen LogP) is 5.34. The largest absolute Gasteiger partial charge is 0.495 e. The third kappa shape index (κ3) is 5.77. The normalized spacial score (nSPS) is 18.7. The van der Waals surface area contributed by atoms with Crippen LogP contribution in [0.5, 0.6) is 11.5 Å². The predicted molar refractivity (Wildman–Crippen MR) is 159 cm³/mol. The molecule has 0 unspecified atom stereocenters. The van der Waals surface area contributed by atoms with Crippen molar-refractivity contribution in [2.75, 3.05) is 51.2 Å². The molecule has 1 saturated carbocycles. The summed E-state index contributed by atoms with van der Waals surface area (Å²) in [6.45, 7) is 5.44. The van der Waals surface area contributed by atoms with Crippen LogP contribution in [-0.2, 0) is 9.53 Å². The zero-order valence-corrected chi connectivity index (χ0v) is 24.3. The summed E-state index contributed by atoms with van der Waals surface area (Å²) in [6.07, 6.45) is 6.20. The Hall–Kier alpha value is -3.27. The summed E-state index contributed by atoms with van der Waals surface area (Å²) in [5.74, 6) is 2.75. The van der Waals surface area contributed by atoms with E-state index in [2.05, 4.69) is 17.2 Å². The lowest BCUT2D eigenvalue weighted by molar-refractivity contribution is -0.117. The summed E-state index contributed by atoms with van der Waals surface area (Å²) in [6, 6.07) is 5.39. The van der Waals surface area contributed by atoms with Crippen LogP contribution >= 0.6 is 23.2 Å². The van der Waals surface area contributed by atoms with Crippen LogP contribution in [0.1, 0.15) is 19.3 Å². The maximum absolute atomic E-state index is 12.1. The molecular weight excluding hydrogens is 553 g/mol. The Morgan fingerprint density at radius 2 is 1.90 bits per heavy atom. The zero-order valence-electron chi connectivity index (χ0n) is 22.8. The average molecular weight is 587 g/mol. The van der Waals surface area contributed by atoms with Crippen LogP contribution in [0, 0.1) is 5.92 Å². The monoisotopic (exact) mass is 585 g/mol. The summed E-state index contributed by atoms with van der Waals surface area (Å²) >= 11 is 13.5. The van der Waals surface area contributed by atoms with E-state index in [1.807, 2.05) is 30.3 Å². The second kappa shape index (κ2) is 12.1. The molecule has 2 aromatic heterocycles. The lowest BCUT2D eigenvalue weighted by atomic mass is 10.0. The van der Waals surface area contributed by atoms with Gasteiger partial charge >= 0.3 is 0 Å². The fraction of sp³-hybridized carbons (Fsp3) is 0.414. The number of amides is 1. The van der Waals surface area contributed by atoms with Crippen LogP contribution in [0.15, 0.2) is 37.1 Å². The van der Waals surface area contributed by atoms with Gasteiger partial charge in [0.15, 0.2) is 0 Å². The summed E-state index contributed by atoms with van der Waals surface area (Å²) in [5, 5.41) is 9.06. The highest BCUT2D eigenvalue weighted by Crippen LogP contribution is 2.46. The molecule has 3 aromatic rings. The number of aromatic nitrogens is 2. The first-order valence-electron chi connectivity index (χ1n) is 13.2. The van der Waals surface area contributed by atoms with Crippen molar-refractivity contribution in [1.29, 1.82) is 0 Å². The Bertz CT molecular complexity index is 1400. The van der Waals surface area contributed by atoms with Gasteiger partial charge in [-0.15, -0.1) is 0 Å². The van der Waals surface area contributed by atoms with Gasteiger partial charge in [-0.2, -0.15) is 0 Å². The van der Waals surface area contributed by atoms with Crippen molar-refractivity contribution in [2.24, 2.45) is 5.92 Å². The number of rotatable bonds is 10. The number of fused-ring (bicyclic) bond motifs is 1. The van der Waals surface area contributed by atoms with Crippen LogP contribution in [0.3, 0.4) is 0 Å². The topological polar surface area (TPSA) is 97.8 Å². The molecule has 0 bridgehead atoms. The number of likely N-dealkylation sites (N-methyl/N-ethyl adjacent to an activating group) is 1. The molecule has 5 rings (SSSR count). The van der Waals surface area contributed by atoms with Crippen LogP contribution in [0.2, 0.25) is 10.0 Å². The number of carbonyl (C=O) groups is 1. The van der Waals surface area contributed by atoms with Gasteiger partial charge in [-0.1, -0.05) is 29.8 Å². The van der Waals surface area contributed by atoms with Crippen LogP contribution in [0.4, 0.5) is 11.6 Å². The van der Waals surface area contributed by atoms with Gasteiger partial charge in [0.1, 0.15) is 23.1 Å². The van der Waals surface area contributed by atoms with Crippen LogP contribution in [0.25, 0.3) is 22.0 Å². The number of benzene rings is 1. The van der Waals surface area contributed by atoms with Gasteiger partial charge in [-0.25, -0.2) is 9.97 Å². The van der Waals surface area contributed by atoms with Gasteiger partial charge in [0, 0.05) is 48.8 Å². The van der Waals surface area contributed by atoms with Gasteiger partial charge < -0.3 is 29.7 Å². The zero-order chi connectivity index (χ0) is 28.4. The highest BCUT2D eigenvalue weighted by atomic mass is 35.5. The molecule has 1 saturated heterocycles. The van der Waals surface area contributed by atoms with Crippen molar-refractivity contribution >= 4 is 51.5 Å². The Morgan fingerprint density at radius 3 is 2.55 bits per heavy atom. The number of nitrogens with zero attached hydrogens (tertiary/aromatic N) is 3. The second-order valence-corrected chi connectivity index (χ2v) is 10.8. The van der Waals surface area contributed by atoms with Crippen molar-refractivity contribution in [2.45, 2.75) is 31.3 Å². The maximum atomic E-state index is 12.1. The van der Waals surface area contributed by atoms with E-state index in [0.29, 0.717) is 64.2 Å². The summed E-state index contributed by atoms with van der Waals surface area (Å²) in [5.41, 5.74) is 1.10. The number of methoxy groups -OCH3 is 2. The number of carbonyl (C=O) groups excluding carboxylic acids is 1. The fourth-order valence-corrected chi connectivity index (χ4v) is 5.64. The number of ether oxygens (including phenoxy) is 3. The third-order valence-corrected chi connectivity index (χ3v) is 8.23. The molecule has 2 aliphatic rings. The van der Waals surface area contributed by atoms with E-state index in [4.69, 9.17) is 47.4 Å². The van der Waals surface area contributed by atoms with E-state index in [1.165, 1.54) is 18.9 Å². The average Bonchev–Trinajstić information content (AvgIpc) is 3.80. The quantitative estimate of drug-likeness (QED) is 0.308. The molecule has 212 valence electrons. The molecule has 9 nitrogen and oxygen atoms in total. The van der Waals surface area contributed by atoms with Gasteiger partial charge in [0.2, 0.25) is 5.91 Å². The molecule has 1 amide bonds. The van der Waals surface area contributed by atoms with Crippen LogP contribution in [-0.4, -0.2) is 69.0 Å². The minimum Gasteiger partial charge on any atom is -0.495 e. The fourth-order valence-electron chi connectivity index (χ4n) is 4.95. The lowest BCUT2D eigenvalue weighted by Crippen LogP contribution is -2.55. The molecule has 1 aromatic carbocycles. The number of halogens is 2. The Kier molecular flexibility index (Phi) is 8.54. The molecule has 3 heterocycles. The van der Waals surface area contributed by atoms with Crippen molar-refractivity contribution in [1.82, 2.24) is 15.3 Å². The first kappa shape index (κ1) is 28.3.